The first-order chi connectivity index (χ1) is 11.5. The van der Waals surface area contributed by atoms with Crippen molar-refractivity contribution in [1.29, 1.82) is 0 Å². The summed E-state index contributed by atoms with van der Waals surface area (Å²) in [6, 6.07) is 13.7. The smallest absolute Gasteiger partial charge is 0.407 e. The molecule has 2 unspecified atom stereocenters. The Balaban J connectivity index is 1.81. The Morgan fingerprint density at radius 2 is 1.71 bits per heavy atom. The number of halogens is 2. The number of carbonyl (C=O) groups excluding carboxylic acids is 1. The van der Waals surface area contributed by atoms with Crippen LogP contribution in [0.4, 0.5) is 4.79 Å². The lowest BCUT2D eigenvalue weighted by atomic mass is 10.0. The van der Waals surface area contributed by atoms with Crippen molar-refractivity contribution in [3.05, 3.63) is 69.7 Å². The molecule has 1 amide bonds. The van der Waals surface area contributed by atoms with E-state index in [0.29, 0.717) is 15.6 Å². The first-order valence-electron chi connectivity index (χ1n) is 7.22. The molecule has 0 saturated carbocycles. The predicted octanol–water partition coefficient (Wildman–Crippen LogP) is 3.31. The molecular formula is C17H17Cl2NO4. The molecule has 0 bridgehead atoms. The van der Waals surface area contributed by atoms with Crippen molar-refractivity contribution < 1.29 is 19.7 Å². The number of hydrogen-bond acceptors (Lipinski definition) is 4. The zero-order valence-corrected chi connectivity index (χ0v) is 14.2. The summed E-state index contributed by atoms with van der Waals surface area (Å²) in [6.45, 7) is -0.0614. The van der Waals surface area contributed by atoms with Crippen LogP contribution in [-0.4, -0.2) is 29.0 Å². The third-order valence-electron chi connectivity index (χ3n) is 3.26. The number of nitrogens with one attached hydrogen (secondary N) is 1. The van der Waals surface area contributed by atoms with Crippen LogP contribution in [0.15, 0.2) is 48.5 Å². The maximum atomic E-state index is 11.6. The van der Waals surface area contributed by atoms with Crippen LogP contribution in [0, 0.1) is 0 Å². The molecule has 128 valence electrons. The fraction of sp³-hybridized carbons (Fsp3) is 0.235. The number of amides is 1. The largest absolute Gasteiger partial charge is 0.445 e. The van der Waals surface area contributed by atoms with Crippen molar-refractivity contribution in [3.8, 4) is 0 Å². The van der Waals surface area contributed by atoms with E-state index in [0.717, 1.165) is 5.56 Å². The zero-order chi connectivity index (χ0) is 17.5. The highest BCUT2D eigenvalue weighted by Crippen LogP contribution is 2.25. The molecule has 0 aliphatic heterocycles. The molecule has 3 N–H and O–H groups in total. The minimum atomic E-state index is -1.24. The number of ether oxygens (including phenoxy) is 1. The Morgan fingerprint density at radius 3 is 2.33 bits per heavy atom. The van der Waals surface area contributed by atoms with Crippen LogP contribution in [0.3, 0.4) is 0 Å². The number of carbonyl (C=O) groups is 1. The molecule has 0 spiro atoms. The highest BCUT2D eigenvalue weighted by atomic mass is 35.5. The van der Waals surface area contributed by atoms with Crippen molar-refractivity contribution in [3.63, 3.8) is 0 Å². The van der Waals surface area contributed by atoms with E-state index in [1.807, 2.05) is 30.3 Å². The second kappa shape index (κ2) is 8.89. The molecule has 2 aromatic carbocycles. The summed E-state index contributed by atoms with van der Waals surface area (Å²) >= 11 is 11.7. The normalized spacial score (nSPS) is 13.2. The van der Waals surface area contributed by atoms with Gasteiger partial charge < -0.3 is 20.3 Å². The Morgan fingerprint density at radius 1 is 1.08 bits per heavy atom. The molecule has 2 rings (SSSR count). The van der Waals surface area contributed by atoms with Crippen molar-refractivity contribution >= 4 is 29.3 Å². The highest BCUT2D eigenvalue weighted by Gasteiger charge is 2.20. The van der Waals surface area contributed by atoms with Gasteiger partial charge in [-0.15, -0.1) is 0 Å². The molecule has 0 fully saturated rings. The van der Waals surface area contributed by atoms with Gasteiger partial charge in [-0.1, -0.05) is 53.5 Å². The van der Waals surface area contributed by atoms with Crippen molar-refractivity contribution in [2.45, 2.75) is 18.8 Å². The Bertz CT molecular complexity index is 661. The summed E-state index contributed by atoms with van der Waals surface area (Å²) in [5.41, 5.74) is 1.21. The summed E-state index contributed by atoms with van der Waals surface area (Å²) in [5, 5.41) is 23.2. The van der Waals surface area contributed by atoms with Crippen LogP contribution in [0.1, 0.15) is 17.2 Å². The molecule has 0 saturated heterocycles. The van der Waals surface area contributed by atoms with Crippen LogP contribution < -0.4 is 5.32 Å². The van der Waals surface area contributed by atoms with Gasteiger partial charge in [0.1, 0.15) is 18.8 Å². The lowest BCUT2D eigenvalue weighted by Crippen LogP contribution is -2.35. The number of benzene rings is 2. The van der Waals surface area contributed by atoms with Gasteiger partial charge in [-0.25, -0.2) is 4.79 Å². The molecule has 0 heterocycles. The quantitative estimate of drug-likeness (QED) is 0.729. The average Bonchev–Trinajstić information content (AvgIpc) is 2.57. The van der Waals surface area contributed by atoms with E-state index in [1.54, 1.807) is 0 Å². The van der Waals surface area contributed by atoms with E-state index in [1.165, 1.54) is 18.2 Å². The monoisotopic (exact) mass is 369 g/mol. The first kappa shape index (κ1) is 18.5. The lowest BCUT2D eigenvalue weighted by molar-refractivity contribution is 0.0184. The second-order valence-electron chi connectivity index (χ2n) is 5.16. The van der Waals surface area contributed by atoms with Gasteiger partial charge in [-0.05, 0) is 29.3 Å². The Kier molecular flexibility index (Phi) is 6.87. The van der Waals surface area contributed by atoms with Gasteiger partial charge in [0.2, 0.25) is 0 Å². The predicted molar refractivity (Wildman–Crippen MR) is 92.1 cm³/mol. The molecular weight excluding hydrogens is 353 g/mol. The van der Waals surface area contributed by atoms with Gasteiger partial charge in [0, 0.05) is 16.6 Å². The molecule has 2 aromatic rings. The van der Waals surface area contributed by atoms with Gasteiger partial charge >= 0.3 is 6.09 Å². The summed E-state index contributed by atoms with van der Waals surface area (Å²) in [5.74, 6) is 0. The second-order valence-corrected chi connectivity index (χ2v) is 6.03. The molecule has 5 nitrogen and oxygen atoms in total. The summed E-state index contributed by atoms with van der Waals surface area (Å²) in [7, 11) is 0. The van der Waals surface area contributed by atoms with Crippen LogP contribution >= 0.6 is 23.2 Å². The maximum Gasteiger partial charge on any atom is 0.407 e. The van der Waals surface area contributed by atoms with Gasteiger partial charge in [0.25, 0.3) is 0 Å². The molecule has 7 heteroatoms. The van der Waals surface area contributed by atoms with Gasteiger partial charge in [-0.3, -0.25) is 0 Å². The SMILES string of the molecule is O=C(NCC(O)C(O)c1cc(Cl)cc(Cl)c1)OCc1ccccc1. The van der Waals surface area contributed by atoms with Crippen LogP contribution in [-0.2, 0) is 11.3 Å². The van der Waals surface area contributed by atoms with Crippen molar-refractivity contribution in [2.24, 2.45) is 0 Å². The first-order valence-corrected chi connectivity index (χ1v) is 7.98. The topological polar surface area (TPSA) is 78.8 Å². The van der Waals surface area contributed by atoms with E-state index in [-0.39, 0.29) is 13.2 Å². The number of aliphatic hydroxyl groups is 2. The van der Waals surface area contributed by atoms with E-state index < -0.39 is 18.3 Å². The molecule has 0 aliphatic rings. The van der Waals surface area contributed by atoms with Gasteiger partial charge in [0.05, 0.1) is 0 Å². The van der Waals surface area contributed by atoms with Gasteiger partial charge in [0.15, 0.2) is 0 Å². The van der Waals surface area contributed by atoms with Crippen LogP contribution in [0.2, 0.25) is 10.0 Å². The third kappa shape index (κ3) is 5.69. The fourth-order valence-corrected chi connectivity index (χ4v) is 2.58. The molecule has 0 aliphatic carbocycles. The standard InChI is InChI=1S/C17H17Cl2NO4/c18-13-6-12(7-14(19)8-13)16(22)15(21)9-20-17(23)24-10-11-4-2-1-3-5-11/h1-8,15-16,21-22H,9-10H2,(H,20,23). The number of rotatable bonds is 6. The number of alkyl carbamates (subject to hydrolysis) is 1. The summed E-state index contributed by atoms with van der Waals surface area (Å²) in [4.78, 5) is 11.6. The van der Waals surface area contributed by atoms with E-state index in [2.05, 4.69) is 5.32 Å². The van der Waals surface area contributed by atoms with E-state index >= 15 is 0 Å². The van der Waals surface area contributed by atoms with Crippen LogP contribution in [0.25, 0.3) is 0 Å². The lowest BCUT2D eigenvalue weighted by Gasteiger charge is -2.19. The Labute approximate surface area is 149 Å². The summed E-state index contributed by atoms with van der Waals surface area (Å²) < 4.78 is 5.02. The fourth-order valence-electron chi connectivity index (χ4n) is 2.04. The Hall–Kier alpha value is -1.79. The number of hydrogen-bond donors (Lipinski definition) is 3. The molecule has 2 atom stereocenters. The van der Waals surface area contributed by atoms with E-state index in [9.17, 15) is 15.0 Å². The van der Waals surface area contributed by atoms with Crippen molar-refractivity contribution in [2.75, 3.05) is 6.54 Å². The highest BCUT2D eigenvalue weighted by molar-refractivity contribution is 6.34. The summed E-state index contributed by atoms with van der Waals surface area (Å²) in [6.07, 6.45) is -3.16. The maximum absolute atomic E-state index is 11.6. The third-order valence-corrected chi connectivity index (χ3v) is 3.70. The zero-order valence-electron chi connectivity index (χ0n) is 12.7. The average molecular weight is 370 g/mol. The van der Waals surface area contributed by atoms with Crippen molar-refractivity contribution in [1.82, 2.24) is 5.32 Å². The minimum Gasteiger partial charge on any atom is -0.445 e. The number of aliphatic hydroxyl groups excluding tert-OH is 2. The minimum absolute atomic E-state index is 0.120. The van der Waals surface area contributed by atoms with E-state index in [4.69, 9.17) is 27.9 Å². The molecule has 24 heavy (non-hydrogen) atoms. The van der Waals surface area contributed by atoms with Gasteiger partial charge in [-0.2, -0.15) is 0 Å². The van der Waals surface area contributed by atoms with Crippen LogP contribution in [0.5, 0.6) is 0 Å². The molecule has 0 aromatic heterocycles. The molecule has 0 radical (unpaired) electrons.